The summed E-state index contributed by atoms with van der Waals surface area (Å²) >= 11 is 1.95. The molecule has 0 saturated heterocycles. The molecule has 0 aliphatic rings. The van der Waals surface area contributed by atoms with Gasteiger partial charge in [-0.25, -0.2) is 0 Å². The molecule has 3 heteroatoms. The van der Waals surface area contributed by atoms with Gasteiger partial charge in [0, 0.05) is 30.9 Å². The molecular weight excluding hydrogens is 216 g/mol. The number of thioether (sulfide) groups is 1. The molecule has 2 atom stereocenters. The van der Waals surface area contributed by atoms with Crippen molar-refractivity contribution in [3.63, 3.8) is 0 Å². The summed E-state index contributed by atoms with van der Waals surface area (Å²) in [5, 5.41) is 3.59. The summed E-state index contributed by atoms with van der Waals surface area (Å²) in [6, 6.07) is 1.35. The van der Waals surface area contributed by atoms with Crippen LogP contribution < -0.4 is 5.32 Å². The van der Waals surface area contributed by atoms with E-state index in [1.165, 1.54) is 12.2 Å². The zero-order chi connectivity index (χ0) is 12.6. The molecule has 0 radical (unpaired) electrons. The molecule has 0 fully saturated rings. The predicted octanol–water partition coefficient (Wildman–Crippen LogP) is 2.69. The Labute approximate surface area is 107 Å². The van der Waals surface area contributed by atoms with Crippen LogP contribution in [0, 0.1) is 5.92 Å². The molecule has 16 heavy (non-hydrogen) atoms. The monoisotopic (exact) mass is 246 g/mol. The van der Waals surface area contributed by atoms with Crippen LogP contribution >= 0.6 is 11.8 Å². The van der Waals surface area contributed by atoms with Crippen molar-refractivity contribution < 1.29 is 0 Å². The molecule has 0 aliphatic heterocycles. The van der Waals surface area contributed by atoms with Gasteiger partial charge in [0.05, 0.1) is 0 Å². The summed E-state index contributed by atoms with van der Waals surface area (Å²) in [6.07, 6.45) is 3.44. The van der Waals surface area contributed by atoms with Crippen LogP contribution in [0.25, 0.3) is 0 Å². The van der Waals surface area contributed by atoms with Gasteiger partial charge in [-0.05, 0) is 32.6 Å². The zero-order valence-corrected chi connectivity index (χ0v) is 12.7. The lowest BCUT2D eigenvalue weighted by atomic mass is 10.1. The number of rotatable bonds is 9. The Bertz CT molecular complexity index is 162. The fourth-order valence-corrected chi connectivity index (χ4v) is 2.51. The first-order chi connectivity index (χ1) is 7.52. The van der Waals surface area contributed by atoms with E-state index in [1.54, 1.807) is 0 Å². The average molecular weight is 246 g/mol. The number of nitrogens with one attached hydrogen (secondary N) is 1. The largest absolute Gasteiger partial charge is 0.313 e. The van der Waals surface area contributed by atoms with E-state index in [9.17, 15) is 0 Å². The second-order valence-corrected chi connectivity index (χ2v) is 5.90. The summed E-state index contributed by atoms with van der Waals surface area (Å²) in [4.78, 5) is 2.48. The maximum atomic E-state index is 3.59. The van der Waals surface area contributed by atoms with Gasteiger partial charge in [-0.1, -0.05) is 20.8 Å². The lowest BCUT2D eigenvalue weighted by Gasteiger charge is -2.27. The Morgan fingerprint density at radius 2 is 1.88 bits per heavy atom. The van der Waals surface area contributed by atoms with Gasteiger partial charge in [0.25, 0.3) is 0 Å². The molecular formula is C13H30N2S. The van der Waals surface area contributed by atoms with Crippen LogP contribution in [0.4, 0.5) is 0 Å². The maximum absolute atomic E-state index is 3.59. The Morgan fingerprint density at radius 3 is 2.31 bits per heavy atom. The first-order valence-corrected chi connectivity index (χ1v) is 7.84. The summed E-state index contributed by atoms with van der Waals surface area (Å²) in [5.41, 5.74) is 0. The van der Waals surface area contributed by atoms with E-state index in [0.717, 1.165) is 25.0 Å². The van der Waals surface area contributed by atoms with Gasteiger partial charge in [-0.3, -0.25) is 0 Å². The van der Waals surface area contributed by atoms with Gasteiger partial charge >= 0.3 is 0 Å². The third-order valence-electron chi connectivity index (χ3n) is 3.38. The van der Waals surface area contributed by atoms with Crippen LogP contribution in [-0.2, 0) is 0 Å². The van der Waals surface area contributed by atoms with Crippen LogP contribution in [0.5, 0.6) is 0 Å². The molecule has 0 amide bonds. The van der Waals surface area contributed by atoms with Crippen molar-refractivity contribution in [1.29, 1.82) is 0 Å². The van der Waals surface area contributed by atoms with Gasteiger partial charge in [0.15, 0.2) is 0 Å². The number of hydrogen-bond acceptors (Lipinski definition) is 3. The van der Waals surface area contributed by atoms with Gasteiger partial charge in [0.1, 0.15) is 0 Å². The number of likely N-dealkylation sites (N-methyl/N-ethyl adjacent to an activating group) is 1. The minimum atomic E-state index is 0.619. The van der Waals surface area contributed by atoms with Crippen molar-refractivity contribution in [3.8, 4) is 0 Å². The highest BCUT2D eigenvalue weighted by atomic mass is 32.2. The van der Waals surface area contributed by atoms with Crippen molar-refractivity contribution in [2.24, 2.45) is 5.92 Å². The standard InChI is InChI=1S/C13H30N2S/c1-7-13(10-16-6)15(5)9-8-14-12(4)11(2)3/h11-14H,7-10H2,1-6H3. The van der Waals surface area contributed by atoms with E-state index in [-0.39, 0.29) is 0 Å². The Balaban J connectivity index is 3.74. The molecule has 0 spiro atoms. The van der Waals surface area contributed by atoms with Crippen molar-refractivity contribution >= 4 is 11.8 Å². The molecule has 1 N–H and O–H groups in total. The van der Waals surface area contributed by atoms with Crippen LogP contribution in [-0.4, -0.2) is 49.1 Å². The molecule has 0 heterocycles. The van der Waals surface area contributed by atoms with Crippen molar-refractivity contribution in [3.05, 3.63) is 0 Å². The molecule has 2 nitrogen and oxygen atoms in total. The molecule has 98 valence electrons. The molecule has 0 rings (SSSR count). The third-order valence-corrected chi connectivity index (χ3v) is 4.10. The van der Waals surface area contributed by atoms with E-state index < -0.39 is 0 Å². The Kier molecular flexibility index (Phi) is 9.47. The molecule has 0 bridgehead atoms. The quantitative estimate of drug-likeness (QED) is 0.673. The van der Waals surface area contributed by atoms with E-state index in [0.29, 0.717) is 6.04 Å². The minimum absolute atomic E-state index is 0.619. The average Bonchev–Trinajstić information content (AvgIpc) is 2.25. The minimum Gasteiger partial charge on any atom is -0.313 e. The lowest BCUT2D eigenvalue weighted by Crippen LogP contribution is -2.41. The van der Waals surface area contributed by atoms with Crippen LogP contribution in [0.1, 0.15) is 34.1 Å². The summed E-state index contributed by atoms with van der Waals surface area (Å²) in [6.45, 7) is 11.3. The van der Waals surface area contributed by atoms with Gasteiger partial charge in [-0.15, -0.1) is 0 Å². The van der Waals surface area contributed by atoms with Crippen LogP contribution in [0.3, 0.4) is 0 Å². The Hall–Kier alpha value is 0.270. The van der Waals surface area contributed by atoms with Crippen molar-refractivity contribution in [2.75, 3.05) is 32.1 Å². The summed E-state index contributed by atoms with van der Waals surface area (Å²) in [7, 11) is 2.24. The predicted molar refractivity (Wildman–Crippen MR) is 77.4 cm³/mol. The molecule has 0 aromatic heterocycles. The highest BCUT2D eigenvalue weighted by molar-refractivity contribution is 7.98. The topological polar surface area (TPSA) is 15.3 Å². The molecule has 0 aromatic rings. The van der Waals surface area contributed by atoms with E-state index in [2.05, 4.69) is 51.2 Å². The third kappa shape index (κ3) is 6.77. The van der Waals surface area contributed by atoms with E-state index in [4.69, 9.17) is 0 Å². The first-order valence-electron chi connectivity index (χ1n) is 6.45. The van der Waals surface area contributed by atoms with Gasteiger partial charge in [-0.2, -0.15) is 11.8 Å². The van der Waals surface area contributed by atoms with E-state index >= 15 is 0 Å². The second kappa shape index (κ2) is 9.32. The maximum Gasteiger partial charge on any atom is 0.0181 e. The van der Waals surface area contributed by atoms with Gasteiger partial charge in [0.2, 0.25) is 0 Å². The van der Waals surface area contributed by atoms with Crippen molar-refractivity contribution in [2.45, 2.75) is 46.2 Å². The van der Waals surface area contributed by atoms with Crippen LogP contribution in [0.15, 0.2) is 0 Å². The van der Waals surface area contributed by atoms with Crippen molar-refractivity contribution in [1.82, 2.24) is 10.2 Å². The Morgan fingerprint density at radius 1 is 1.25 bits per heavy atom. The highest BCUT2D eigenvalue weighted by Crippen LogP contribution is 2.07. The zero-order valence-electron chi connectivity index (χ0n) is 11.9. The first kappa shape index (κ1) is 16.3. The molecule has 0 saturated carbocycles. The fraction of sp³-hybridized carbons (Fsp3) is 1.00. The molecule has 2 unspecified atom stereocenters. The normalized spacial score (nSPS) is 15.8. The summed E-state index contributed by atoms with van der Waals surface area (Å²) < 4.78 is 0. The highest BCUT2D eigenvalue weighted by Gasteiger charge is 2.12. The molecule has 0 aliphatic carbocycles. The molecule has 0 aromatic carbocycles. The number of nitrogens with zero attached hydrogens (tertiary/aromatic N) is 1. The fourth-order valence-electron chi connectivity index (χ4n) is 1.64. The smallest absolute Gasteiger partial charge is 0.0181 e. The SMILES string of the molecule is CCC(CSC)N(C)CCNC(C)C(C)C. The van der Waals surface area contributed by atoms with E-state index in [1.807, 2.05) is 11.8 Å². The second-order valence-electron chi connectivity index (χ2n) is 4.98. The lowest BCUT2D eigenvalue weighted by molar-refractivity contribution is 0.249. The number of hydrogen-bond donors (Lipinski definition) is 1. The van der Waals surface area contributed by atoms with Crippen LogP contribution in [0.2, 0.25) is 0 Å². The van der Waals surface area contributed by atoms with Gasteiger partial charge < -0.3 is 10.2 Å². The summed E-state index contributed by atoms with van der Waals surface area (Å²) in [5.74, 6) is 1.96.